The molecule has 1 N–H and O–H groups in total. The molecule has 0 aliphatic heterocycles. The van der Waals surface area contributed by atoms with E-state index in [9.17, 15) is 9.90 Å². The monoisotopic (exact) mass is 215 g/mol. The lowest BCUT2D eigenvalue weighted by atomic mass is 9.93. The lowest BCUT2D eigenvalue weighted by Crippen LogP contribution is -2.44. The standard InChI is InChI=1S/C11H21NO3/c1-12(7-9(13)8-15-2)10-5-3-4-6-11(10)14/h9-10,13H,3-8H2,1-2H3. The molecule has 1 fully saturated rings. The molecule has 0 aromatic heterocycles. The molecule has 0 aromatic carbocycles. The Hall–Kier alpha value is -0.450. The van der Waals surface area contributed by atoms with Crippen molar-refractivity contribution < 1.29 is 14.6 Å². The molecule has 0 heterocycles. The second kappa shape index (κ2) is 6.20. The molecule has 1 aliphatic rings. The van der Waals surface area contributed by atoms with E-state index in [0.29, 0.717) is 25.4 Å². The highest BCUT2D eigenvalue weighted by Gasteiger charge is 2.26. The zero-order chi connectivity index (χ0) is 11.3. The molecule has 0 bridgehead atoms. The third-order valence-electron chi connectivity index (χ3n) is 2.91. The molecule has 4 heteroatoms. The fourth-order valence-electron chi connectivity index (χ4n) is 2.14. The number of hydrogen-bond acceptors (Lipinski definition) is 4. The van der Waals surface area contributed by atoms with Crippen LogP contribution in [0.1, 0.15) is 25.7 Å². The van der Waals surface area contributed by atoms with Crippen molar-refractivity contribution in [1.29, 1.82) is 0 Å². The highest BCUT2D eigenvalue weighted by molar-refractivity contribution is 5.84. The quantitative estimate of drug-likeness (QED) is 0.723. The van der Waals surface area contributed by atoms with Crippen LogP contribution in [-0.2, 0) is 9.53 Å². The average Bonchev–Trinajstić information content (AvgIpc) is 2.18. The van der Waals surface area contributed by atoms with E-state index in [0.717, 1.165) is 19.3 Å². The summed E-state index contributed by atoms with van der Waals surface area (Å²) in [4.78, 5) is 13.6. The summed E-state index contributed by atoms with van der Waals surface area (Å²) in [6.45, 7) is 0.829. The number of Topliss-reactive ketones (excluding diaryl/α,β-unsaturated/α-hetero) is 1. The minimum atomic E-state index is -0.505. The predicted molar refractivity (Wildman–Crippen MR) is 57.8 cm³/mol. The van der Waals surface area contributed by atoms with E-state index in [-0.39, 0.29) is 6.04 Å². The van der Waals surface area contributed by atoms with Crippen molar-refractivity contribution >= 4 is 5.78 Å². The number of rotatable bonds is 5. The van der Waals surface area contributed by atoms with E-state index in [1.54, 1.807) is 7.11 Å². The van der Waals surface area contributed by atoms with Gasteiger partial charge in [-0.2, -0.15) is 0 Å². The fraction of sp³-hybridized carbons (Fsp3) is 0.909. The number of ketones is 1. The molecular weight excluding hydrogens is 194 g/mol. The Balaban J connectivity index is 2.37. The number of aliphatic hydroxyl groups is 1. The van der Waals surface area contributed by atoms with E-state index in [1.165, 1.54) is 0 Å². The van der Waals surface area contributed by atoms with Gasteiger partial charge in [-0.3, -0.25) is 9.69 Å². The summed E-state index contributed by atoms with van der Waals surface area (Å²) in [5, 5.41) is 9.56. The smallest absolute Gasteiger partial charge is 0.149 e. The Labute approximate surface area is 91.2 Å². The average molecular weight is 215 g/mol. The summed E-state index contributed by atoms with van der Waals surface area (Å²) in [7, 11) is 3.46. The zero-order valence-electron chi connectivity index (χ0n) is 9.61. The third-order valence-corrected chi connectivity index (χ3v) is 2.91. The maximum Gasteiger partial charge on any atom is 0.149 e. The molecule has 88 valence electrons. The van der Waals surface area contributed by atoms with E-state index in [2.05, 4.69) is 0 Å². The third kappa shape index (κ3) is 3.89. The number of hydrogen-bond donors (Lipinski definition) is 1. The number of carbonyl (C=O) groups excluding carboxylic acids is 1. The maximum absolute atomic E-state index is 11.6. The van der Waals surface area contributed by atoms with Crippen molar-refractivity contribution in [2.75, 3.05) is 27.3 Å². The first-order valence-electron chi connectivity index (χ1n) is 5.55. The van der Waals surface area contributed by atoms with Crippen LogP contribution >= 0.6 is 0 Å². The van der Waals surface area contributed by atoms with Crippen molar-refractivity contribution in [3.8, 4) is 0 Å². The molecule has 1 rings (SSSR count). The minimum Gasteiger partial charge on any atom is -0.389 e. The van der Waals surface area contributed by atoms with Crippen LogP contribution in [0.15, 0.2) is 0 Å². The van der Waals surface area contributed by atoms with Gasteiger partial charge in [0.1, 0.15) is 5.78 Å². The van der Waals surface area contributed by atoms with Crippen LogP contribution in [0.3, 0.4) is 0 Å². The topological polar surface area (TPSA) is 49.8 Å². The zero-order valence-corrected chi connectivity index (χ0v) is 9.61. The van der Waals surface area contributed by atoms with Crippen LogP contribution < -0.4 is 0 Å². The first-order valence-corrected chi connectivity index (χ1v) is 5.55. The summed E-state index contributed by atoms with van der Waals surface area (Å²) in [6, 6.07) is 0.00487. The normalized spacial score (nSPS) is 24.5. The molecule has 2 atom stereocenters. The van der Waals surface area contributed by atoms with Crippen molar-refractivity contribution in [3.63, 3.8) is 0 Å². The van der Waals surface area contributed by atoms with Gasteiger partial charge < -0.3 is 9.84 Å². The van der Waals surface area contributed by atoms with Crippen LogP contribution in [0.25, 0.3) is 0 Å². The Morgan fingerprint density at radius 2 is 2.33 bits per heavy atom. The van der Waals surface area contributed by atoms with Gasteiger partial charge in [-0.25, -0.2) is 0 Å². The maximum atomic E-state index is 11.6. The van der Waals surface area contributed by atoms with Crippen LogP contribution in [0, 0.1) is 0 Å². The molecule has 0 saturated heterocycles. The summed E-state index contributed by atoms with van der Waals surface area (Å²) >= 11 is 0. The molecule has 0 spiro atoms. The number of methoxy groups -OCH3 is 1. The molecule has 4 nitrogen and oxygen atoms in total. The molecule has 1 saturated carbocycles. The minimum absolute atomic E-state index is 0.00487. The second-order valence-corrected chi connectivity index (χ2v) is 4.28. The Morgan fingerprint density at radius 3 is 2.93 bits per heavy atom. The lowest BCUT2D eigenvalue weighted by molar-refractivity contribution is -0.126. The molecule has 0 amide bonds. The number of nitrogens with zero attached hydrogens (tertiary/aromatic N) is 1. The summed E-state index contributed by atoms with van der Waals surface area (Å²) in [5.41, 5.74) is 0. The van der Waals surface area contributed by atoms with E-state index >= 15 is 0 Å². The van der Waals surface area contributed by atoms with Crippen molar-refractivity contribution in [1.82, 2.24) is 4.90 Å². The molecule has 1 aliphatic carbocycles. The van der Waals surface area contributed by atoms with Gasteiger partial charge in [-0.15, -0.1) is 0 Å². The first kappa shape index (κ1) is 12.6. The fourth-order valence-corrected chi connectivity index (χ4v) is 2.14. The molecule has 2 unspecified atom stereocenters. The molecular formula is C11H21NO3. The van der Waals surface area contributed by atoms with Crippen molar-refractivity contribution in [2.45, 2.75) is 37.8 Å². The molecule has 0 aromatic rings. The highest BCUT2D eigenvalue weighted by atomic mass is 16.5. The van der Waals surface area contributed by atoms with E-state index in [1.807, 2.05) is 11.9 Å². The number of aliphatic hydroxyl groups excluding tert-OH is 1. The van der Waals surface area contributed by atoms with Crippen molar-refractivity contribution in [3.05, 3.63) is 0 Å². The van der Waals surface area contributed by atoms with Gasteiger partial charge in [0, 0.05) is 20.1 Å². The van der Waals surface area contributed by atoms with Crippen LogP contribution in [0.5, 0.6) is 0 Å². The SMILES string of the molecule is COCC(O)CN(C)C1CCCCC1=O. The first-order chi connectivity index (χ1) is 7.15. The summed E-state index contributed by atoms with van der Waals surface area (Å²) in [5.74, 6) is 0.313. The highest BCUT2D eigenvalue weighted by Crippen LogP contribution is 2.18. The van der Waals surface area contributed by atoms with Crippen LogP contribution in [0.2, 0.25) is 0 Å². The Kier molecular flexibility index (Phi) is 5.22. The van der Waals surface area contributed by atoms with Gasteiger partial charge in [-0.1, -0.05) is 6.42 Å². The van der Waals surface area contributed by atoms with Crippen LogP contribution in [0.4, 0.5) is 0 Å². The number of likely N-dealkylation sites (N-methyl/N-ethyl adjacent to an activating group) is 1. The van der Waals surface area contributed by atoms with Gasteiger partial charge in [0.25, 0.3) is 0 Å². The lowest BCUT2D eigenvalue weighted by Gasteiger charge is -2.31. The summed E-state index contributed by atoms with van der Waals surface area (Å²) < 4.78 is 4.86. The number of carbonyl (C=O) groups is 1. The van der Waals surface area contributed by atoms with Gasteiger partial charge in [0.05, 0.1) is 18.8 Å². The Bertz CT molecular complexity index is 208. The predicted octanol–water partition coefficient (Wildman–Crippen LogP) is 0.437. The number of ether oxygens (including phenoxy) is 1. The second-order valence-electron chi connectivity index (χ2n) is 4.28. The largest absolute Gasteiger partial charge is 0.389 e. The molecule has 15 heavy (non-hydrogen) atoms. The van der Waals surface area contributed by atoms with Crippen LogP contribution in [-0.4, -0.2) is 55.2 Å². The Morgan fingerprint density at radius 1 is 1.60 bits per heavy atom. The van der Waals surface area contributed by atoms with Gasteiger partial charge in [0.2, 0.25) is 0 Å². The van der Waals surface area contributed by atoms with E-state index in [4.69, 9.17) is 4.74 Å². The van der Waals surface area contributed by atoms with Gasteiger partial charge in [0.15, 0.2) is 0 Å². The van der Waals surface area contributed by atoms with Crippen molar-refractivity contribution in [2.24, 2.45) is 0 Å². The van der Waals surface area contributed by atoms with Gasteiger partial charge >= 0.3 is 0 Å². The summed E-state index contributed by atoms with van der Waals surface area (Å²) in [6.07, 6.45) is 3.24. The van der Waals surface area contributed by atoms with Gasteiger partial charge in [-0.05, 0) is 19.9 Å². The van der Waals surface area contributed by atoms with E-state index < -0.39 is 6.10 Å². The molecule has 0 radical (unpaired) electrons.